The molecule has 0 unspecified atom stereocenters. The number of rotatable bonds is 9. The number of amides is 2. The molecule has 3 N–H and O–H groups in total. The fraction of sp³-hybridized carbons (Fsp3) is 0.471. The number of halogens is 1. The quantitative estimate of drug-likeness (QED) is 0.685. The Balaban J connectivity index is 2.64. The van der Waals surface area contributed by atoms with Crippen LogP contribution in [0.25, 0.3) is 0 Å². The highest BCUT2D eigenvalue weighted by molar-refractivity contribution is 9.10. The Kier molecular flexibility index (Phi) is 7.95. The summed E-state index contributed by atoms with van der Waals surface area (Å²) in [7, 11) is 0. The zero-order valence-corrected chi connectivity index (χ0v) is 15.1. The molecule has 126 valence electrons. The minimum atomic E-state index is -0.595. The first-order valence-electron chi connectivity index (χ1n) is 7.60. The van der Waals surface area contributed by atoms with Crippen molar-refractivity contribution >= 4 is 33.5 Å². The van der Waals surface area contributed by atoms with Crippen LogP contribution < -0.4 is 11.1 Å². The van der Waals surface area contributed by atoms with E-state index in [2.05, 4.69) is 21.2 Å². The van der Waals surface area contributed by atoms with Gasteiger partial charge in [0.05, 0.1) is 6.54 Å². The van der Waals surface area contributed by atoms with Crippen molar-refractivity contribution in [3.63, 3.8) is 0 Å². The predicted molar refractivity (Wildman–Crippen MR) is 92.6 cm³/mol. The van der Waals surface area contributed by atoms with Crippen LogP contribution in [0.4, 0.5) is 0 Å². The fourth-order valence-corrected chi connectivity index (χ4v) is 2.61. The van der Waals surface area contributed by atoms with E-state index >= 15 is 0 Å². The van der Waals surface area contributed by atoms with Gasteiger partial charge < -0.3 is 11.1 Å². The largest absolute Gasteiger partial charge is 0.368 e. The third-order valence-corrected chi connectivity index (χ3v) is 3.88. The lowest BCUT2D eigenvalue weighted by molar-refractivity contribution is -0.131. The van der Waals surface area contributed by atoms with Crippen LogP contribution in [0.5, 0.6) is 0 Å². The summed E-state index contributed by atoms with van der Waals surface area (Å²) < 4.78 is 0.956. The second kappa shape index (κ2) is 9.45. The van der Waals surface area contributed by atoms with Gasteiger partial charge in [-0.25, -0.2) is 0 Å². The Labute approximate surface area is 145 Å². The van der Waals surface area contributed by atoms with Crippen molar-refractivity contribution in [2.45, 2.75) is 33.1 Å². The van der Waals surface area contributed by atoms with Crippen LogP contribution in [0, 0.1) is 11.8 Å². The molecule has 0 heterocycles. The Morgan fingerprint density at radius 1 is 1.17 bits per heavy atom. The maximum Gasteiger partial charge on any atom is 0.236 e. The number of nitrogens with two attached hydrogens (primary N) is 1. The van der Waals surface area contributed by atoms with Crippen LogP contribution in [0.1, 0.15) is 32.3 Å². The molecule has 0 aliphatic rings. The molecule has 0 fully saturated rings. The second-order valence-corrected chi connectivity index (χ2v) is 6.97. The van der Waals surface area contributed by atoms with Crippen LogP contribution in [-0.4, -0.2) is 24.1 Å². The third-order valence-electron chi connectivity index (χ3n) is 3.35. The van der Waals surface area contributed by atoms with Crippen molar-refractivity contribution in [1.82, 2.24) is 5.32 Å². The van der Waals surface area contributed by atoms with Gasteiger partial charge in [-0.15, -0.1) is 0 Å². The number of primary amides is 1. The molecule has 0 saturated carbocycles. The lowest BCUT2D eigenvalue weighted by Crippen LogP contribution is -2.38. The Hall–Kier alpha value is -1.69. The molecule has 1 aromatic rings. The molecular weight excluding hydrogens is 360 g/mol. The Bertz CT molecular complexity index is 555. The first-order valence-corrected chi connectivity index (χ1v) is 8.39. The van der Waals surface area contributed by atoms with Crippen molar-refractivity contribution < 1.29 is 14.4 Å². The first-order chi connectivity index (χ1) is 10.8. The SMILES string of the molecule is CC(C)C[C@H](CC(=O)Cc1ccc(Br)cc1)C(=O)NCC(N)=O. The number of ketones is 1. The lowest BCUT2D eigenvalue weighted by Gasteiger charge is -2.17. The summed E-state index contributed by atoms with van der Waals surface area (Å²) >= 11 is 3.35. The number of hydrogen-bond acceptors (Lipinski definition) is 3. The van der Waals surface area contributed by atoms with E-state index in [0.717, 1.165) is 10.0 Å². The average molecular weight is 383 g/mol. The van der Waals surface area contributed by atoms with Gasteiger partial charge >= 0.3 is 0 Å². The molecule has 0 saturated heterocycles. The molecule has 5 nitrogen and oxygen atoms in total. The van der Waals surface area contributed by atoms with Crippen LogP contribution in [-0.2, 0) is 20.8 Å². The molecule has 1 rings (SSSR count). The number of benzene rings is 1. The van der Waals surface area contributed by atoms with Crippen molar-refractivity contribution in [3.8, 4) is 0 Å². The normalized spacial score (nSPS) is 12.0. The van der Waals surface area contributed by atoms with Crippen LogP contribution >= 0.6 is 15.9 Å². The van der Waals surface area contributed by atoms with Crippen molar-refractivity contribution in [2.75, 3.05) is 6.54 Å². The summed E-state index contributed by atoms with van der Waals surface area (Å²) in [5.41, 5.74) is 5.95. The molecule has 6 heteroatoms. The number of Topliss-reactive ketones (excluding diaryl/α,β-unsaturated/α-hetero) is 1. The molecule has 1 atom stereocenters. The standard InChI is InChI=1S/C17H23BrN2O3/c1-11(2)7-13(17(23)20-10-16(19)22)9-15(21)8-12-3-5-14(18)6-4-12/h3-6,11,13H,7-10H2,1-2H3,(H2,19,22)(H,20,23)/t13-/m1/s1. The molecule has 0 bridgehead atoms. The summed E-state index contributed by atoms with van der Waals surface area (Å²) in [6.45, 7) is 3.79. The fourth-order valence-electron chi connectivity index (χ4n) is 2.35. The van der Waals surface area contributed by atoms with Gasteiger partial charge in [0.25, 0.3) is 0 Å². The molecule has 0 aliphatic heterocycles. The van der Waals surface area contributed by atoms with Crippen molar-refractivity contribution in [1.29, 1.82) is 0 Å². The van der Waals surface area contributed by atoms with E-state index in [9.17, 15) is 14.4 Å². The van der Waals surface area contributed by atoms with Crippen molar-refractivity contribution in [2.24, 2.45) is 17.6 Å². The maximum absolute atomic E-state index is 12.2. The molecule has 0 aromatic heterocycles. The second-order valence-electron chi connectivity index (χ2n) is 6.06. The smallest absolute Gasteiger partial charge is 0.236 e. The van der Waals surface area contributed by atoms with E-state index < -0.39 is 11.8 Å². The highest BCUT2D eigenvalue weighted by atomic mass is 79.9. The van der Waals surface area contributed by atoms with E-state index in [0.29, 0.717) is 12.8 Å². The summed E-state index contributed by atoms with van der Waals surface area (Å²) in [4.78, 5) is 35.2. The van der Waals surface area contributed by atoms with Gasteiger partial charge in [-0.3, -0.25) is 14.4 Å². The van der Waals surface area contributed by atoms with Crippen LogP contribution in [0.2, 0.25) is 0 Å². The van der Waals surface area contributed by atoms with E-state index in [4.69, 9.17) is 5.73 Å². The molecule has 0 spiro atoms. The highest BCUT2D eigenvalue weighted by Gasteiger charge is 2.23. The van der Waals surface area contributed by atoms with Gasteiger partial charge in [-0.2, -0.15) is 0 Å². The van der Waals surface area contributed by atoms with Gasteiger partial charge in [0.1, 0.15) is 5.78 Å². The molecule has 0 aliphatic carbocycles. The summed E-state index contributed by atoms with van der Waals surface area (Å²) in [5.74, 6) is -1.03. The van der Waals surface area contributed by atoms with Gasteiger partial charge in [0.2, 0.25) is 11.8 Å². The topological polar surface area (TPSA) is 89.3 Å². The number of carbonyl (C=O) groups is 3. The number of carbonyl (C=O) groups excluding carboxylic acids is 3. The van der Waals surface area contributed by atoms with E-state index in [1.165, 1.54) is 0 Å². The maximum atomic E-state index is 12.2. The summed E-state index contributed by atoms with van der Waals surface area (Å²) in [5, 5.41) is 2.49. The summed E-state index contributed by atoms with van der Waals surface area (Å²) in [6.07, 6.45) is 1.06. The number of nitrogens with one attached hydrogen (secondary N) is 1. The van der Waals surface area contributed by atoms with Gasteiger partial charge in [-0.1, -0.05) is 41.9 Å². The lowest BCUT2D eigenvalue weighted by atomic mass is 9.90. The predicted octanol–water partition coefficient (Wildman–Crippen LogP) is 2.21. The Morgan fingerprint density at radius 3 is 2.30 bits per heavy atom. The Morgan fingerprint density at radius 2 is 1.78 bits per heavy atom. The minimum Gasteiger partial charge on any atom is -0.368 e. The first kappa shape index (κ1) is 19.4. The zero-order chi connectivity index (χ0) is 17.4. The van der Waals surface area contributed by atoms with Gasteiger partial charge in [-0.05, 0) is 30.0 Å². The number of hydrogen-bond donors (Lipinski definition) is 2. The minimum absolute atomic E-state index is 0.00666. The zero-order valence-electron chi connectivity index (χ0n) is 13.5. The van der Waals surface area contributed by atoms with Crippen molar-refractivity contribution in [3.05, 3.63) is 34.3 Å². The monoisotopic (exact) mass is 382 g/mol. The third kappa shape index (κ3) is 7.93. The molecule has 0 radical (unpaired) electrons. The van der Waals surface area contributed by atoms with E-state index in [-0.39, 0.29) is 30.6 Å². The van der Waals surface area contributed by atoms with Crippen LogP contribution in [0.15, 0.2) is 28.7 Å². The van der Waals surface area contributed by atoms with Gasteiger partial charge in [0.15, 0.2) is 0 Å². The van der Waals surface area contributed by atoms with E-state index in [1.54, 1.807) is 0 Å². The van der Waals surface area contributed by atoms with Gasteiger partial charge in [0, 0.05) is 23.2 Å². The molecule has 23 heavy (non-hydrogen) atoms. The highest BCUT2D eigenvalue weighted by Crippen LogP contribution is 2.18. The molecule has 2 amide bonds. The molecular formula is C17H23BrN2O3. The average Bonchev–Trinajstić information content (AvgIpc) is 2.46. The van der Waals surface area contributed by atoms with Crippen LogP contribution in [0.3, 0.4) is 0 Å². The molecule has 1 aromatic carbocycles. The summed E-state index contributed by atoms with van der Waals surface area (Å²) in [6, 6.07) is 7.53. The van der Waals surface area contributed by atoms with E-state index in [1.807, 2.05) is 38.1 Å².